The number of hydrogen-bond acceptors (Lipinski definition) is 2. The Morgan fingerprint density at radius 1 is 1.25 bits per heavy atom. The van der Waals surface area contributed by atoms with Gasteiger partial charge in [-0.05, 0) is 24.3 Å². The van der Waals surface area contributed by atoms with Crippen molar-refractivity contribution in [1.29, 1.82) is 0 Å². The lowest BCUT2D eigenvalue weighted by atomic mass is 10.1. The van der Waals surface area contributed by atoms with Gasteiger partial charge in [-0.2, -0.15) is 13.2 Å². The largest absolute Gasteiger partial charge is 0.504 e. The number of rotatable bonds is 2. The quantitative estimate of drug-likeness (QED) is 0.495. The Kier molecular flexibility index (Phi) is 3.59. The SMILES string of the molecule is O=C(/C=C(/O)C(F)(F)F)c1ccc(Cl)cc1. The highest BCUT2D eigenvalue weighted by Crippen LogP contribution is 2.23. The van der Waals surface area contributed by atoms with E-state index in [1.165, 1.54) is 24.3 Å². The van der Waals surface area contributed by atoms with Gasteiger partial charge in [0, 0.05) is 16.7 Å². The Morgan fingerprint density at radius 3 is 2.19 bits per heavy atom. The van der Waals surface area contributed by atoms with Gasteiger partial charge in [-0.3, -0.25) is 4.79 Å². The first-order chi connectivity index (χ1) is 7.30. The first-order valence-corrected chi connectivity index (χ1v) is 4.46. The third kappa shape index (κ3) is 3.27. The molecule has 0 radical (unpaired) electrons. The smallest absolute Gasteiger partial charge is 0.448 e. The molecule has 0 aliphatic rings. The van der Waals surface area contributed by atoms with E-state index in [1.807, 2.05) is 0 Å². The van der Waals surface area contributed by atoms with Crippen LogP contribution in [0.4, 0.5) is 13.2 Å². The van der Waals surface area contributed by atoms with E-state index < -0.39 is 17.7 Å². The molecule has 6 heteroatoms. The fourth-order valence-corrected chi connectivity index (χ4v) is 1.03. The summed E-state index contributed by atoms with van der Waals surface area (Å²) in [5.41, 5.74) is 0.0141. The van der Waals surface area contributed by atoms with Crippen molar-refractivity contribution in [2.24, 2.45) is 0 Å². The maximum Gasteiger partial charge on any atom is 0.448 e. The molecule has 0 atom stereocenters. The van der Waals surface area contributed by atoms with E-state index in [4.69, 9.17) is 16.7 Å². The number of halogens is 4. The van der Waals surface area contributed by atoms with Crippen LogP contribution >= 0.6 is 11.6 Å². The predicted molar refractivity (Wildman–Crippen MR) is 52.5 cm³/mol. The number of benzene rings is 1. The minimum Gasteiger partial charge on any atom is -0.504 e. The van der Waals surface area contributed by atoms with Crippen LogP contribution in [0.5, 0.6) is 0 Å². The second kappa shape index (κ2) is 4.57. The van der Waals surface area contributed by atoms with Gasteiger partial charge in [-0.25, -0.2) is 0 Å². The molecule has 0 aliphatic heterocycles. The van der Waals surface area contributed by atoms with Gasteiger partial charge in [0.25, 0.3) is 0 Å². The molecule has 1 rings (SSSR count). The molecule has 1 N–H and O–H groups in total. The predicted octanol–water partition coefficient (Wildman–Crippen LogP) is 3.53. The Labute approximate surface area is 94.0 Å². The van der Waals surface area contributed by atoms with Gasteiger partial charge in [0.1, 0.15) is 0 Å². The van der Waals surface area contributed by atoms with Crippen molar-refractivity contribution in [2.45, 2.75) is 6.18 Å². The highest BCUT2D eigenvalue weighted by atomic mass is 35.5. The molecule has 1 aromatic rings. The normalized spacial score (nSPS) is 12.6. The Hall–Kier alpha value is -1.49. The van der Waals surface area contributed by atoms with Gasteiger partial charge in [-0.1, -0.05) is 11.6 Å². The molecule has 0 saturated heterocycles. The monoisotopic (exact) mass is 250 g/mol. The first kappa shape index (κ1) is 12.6. The van der Waals surface area contributed by atoms with Crippen LogP contribution in [0.1, 0.15) is 10.4 Å². The van der Waals surface area contributed by atoms with Crippen LogP contribution in [-0.2, 0) is 0 Å². The molecular weight excluding hydrogens is 245 g/mol. The summed E-state index contributed by atoms with van der Waals surface area (Å²) in [6.45, 7) is 0. The summed E-state index contributed by atoms with van der Waals surface area (Å²) in [6.07, 6.45) is -4.79. The summed E-state index contributed by atoms with van der Waals surface area (Å²) >= 11 is 5.54. The zero-order valence-electron chi connectivity index (χ0n) is 7.75. The summed E-state index contributed by atoms with van der Waals surface area (Å²) in [4.78, 5) is 11.2. The van der Waals surface area contributed by atoms with Crippen LogP contribution in [-0.4, -0.2) is 17.1 Å². The van der Waals surface area contributed by atoms with Crippen molar-refractivity contribution in [3.8, 4) is 0 Å². The molecule has 86 valence electrons. The number of aliphatic hydroxyl groups excluding tert-OH is 1. The molecule has 0 aliphatic carbocycles. The average Bonchev–Trinajstić information content (AvgIpc) is 2.17. The van der Waals surface area contributed by atoms with E-state index in [9.17, 15) is 18.0 Å². The third-order valence-corrected chi connectivity index (χ3v) is 1.94. The van der Waals surface area contributed by atoms with Gasteiger partial charge in [0.05, 0.1) is 0 Å². The number of aliphatic hydroxyl groups is 1. The summed E-state index contributed by atoms with van der Waals surface area (Å²) in [5.74, 6) is -2.86. The van der Waals surface area contributed by atoms with E-state index in [2.05, 4.69) is 0 Å². The minimum absolute atomic E-state index is 0.0141. The first-order valence-electron chi connectivity index (χ1n) is 4.08. The average molecular weight is 251 g/mol. The van der Waals surface area contributed by atoms with Gasteiger partial charge in [0.2, 0.25) is 5.76 Å². The fourth-order valence-electron chi connectivity index (χ4n) is 0.903. The molecular formula is C10H6ClF3O2. The molecule has 0 spiro atoms. The molecule has 1 aromatic carbocycles. The highest BCUT2D eigenvalue weighted by Gasteiger charge is 2.34. The molecule has 0 heterocycles. The molecule has 0 saturated carbocycles. The van der Waals surface area contributed by atoms with Crippen LogP contribution in [0.2, 0.25) is 5.02 Å². The molecule has 2 nitrogen and oxygen atoms in total. The summed E-state index contributed by atoms with van der Waals surface area (Å²) < 4.78 is 35.7. The van der Waals surface area contributed by atoms with Gasteiger partial charge in [-0.15, -0.1) is 0 Å². The van der Waals surface area contributed by atoms with Gasteiger partial charge in [0.15, 0.2) is 5.78 Å². The van der Waals surface area contributed by atoms with Crippen molar-refractivity contribution >= 4 is 17.4 Å². The van der Waals surface area contributed by atoms with Crippen LogP contribution in [0.3, 0.4) is 0 Å². The Bertz CT molecular complexity index is 421. The summed E-state index contributed by atoms with van der Waals surface area (Å²) in [7, 11) is 0. The number of allylic oxidation sites excluding steroid dienone is 2. The molecule has 0 amide bonds. The number of alkyl halides is 3. The standard InChI is InChI=1S/C10H6ClF3O2/c11-7-3-1-6(2-4-7)8(15)5-9(16)10(12,13)14/h1-5,16H/b9-5+. The summed E-state index contributed by atoms with van der Waals surface area (Å²) in [6, 6.07) is 5.27. The van der Waals surface area contributed by atoms with Crippen molar-refractivity contribution in [1.82, 2.24) is 0 Å². The Morgan fingerprint density at radius 2 is 1.75 bits per heavy atom. The summed E-state index contributed by atoms with van der Waals surface area (Å²) in [5, 5.41) is 8.92. The van der Waals surface area contributed by atoms with Crippen LogP contribution in [0.15, 0.2) is 36.1 Å². The molecule has 0 fully saturated rings. The molecule has 0 aromatic heterocycles. The lowest BCUT2D eigenvalue weighted by Gasteiger charge is -2.04. The van der Waals surface area contributed by atoms with Crippen LogP contribution < -0.4 is 0 Å². The van der Waals surface area contributed by atoms with E-state index >= 15 is 0 Å². The minimum atomic E-state index is -4.91. The highest BCUT2D eigenvalue weighted by molar-refractivity contribution is 6.30. The van der Waals surface area contributed by atoms with Gasteiger partial charge < -0.3 is 5.11 Å². The van der Waals surface area contributed by atoms with Crippen molar-refractivity contribution in [3.05, 3.63) is 46.7 Å². The second-order valence-electron chi connectivity index (χ2n) is 2.90. The van der Waals surface area contributed by atoms with E-state index in [0.717, 1.165) is 0 Å². The number of carbonyl (C=O) groups is 1. The van der Waals surface area contributed by atoms with E-state index in [1.54, 1.807) is 0 Å². The number of ketones is 1. The van der Waals surface area contributed by atoms with Crippen LogP contribution in [0.25, 0.3) is 0 Å². The Balaban J connectivity index is 2.92. The maximum atomic E-state index is 11.9. The van der Waals surface area contributed by atoms with Crippen molar-refractivity contribution in [2.75, 3.05) is 0 Å². The lowest BCUT2D eigenvalue weighted by Crippen LogP contribution is -2.13. The van der Waals surface area contributed by atoms with Crippen molar-refractivity contribution in [3.63, 3.8) is 0 Å². The number of carbonyl (C=O) groups excluding carboxylic acids is 1. The molecule has 0 bridgehead atoms. The zero-order valence-corrected chi connectivity index (χ0v) is 8.51. The molecule has 0 unspecified atom stereocenters. The van der Waals surface area contributed by atoms with E-state index in [-0.39, 0.29) is 11.6 Å². The second-order valence-corrected chi connectivity index (χ2v) is 3.33. The topological polar surface area (TPSA) is 37.3 Å². The number of hydrogen-bond donors (Lipinski definition) is 1. The fraction of sp³-hybridized carbons (Fsp3) is 0.100. The van der Waals surface area contributed by atoms with Crippen LogP contribution in [0, 0.1) is 0 Å². The lowest BCUT2D eigenvalue weighted by molar-refractivity contribution is -0.120. The van der Waals surface area contributed by atoms with Gasteiger partial charge >= 0.3 is 6.18 Å². The maximum absolute atomic E-state index is 11.9. The molecule has 16 heavy (non-hydrogen) atoms. The van der Waals surface area contributed by atoms with E-state index in [0.29, 0.717) is 5.02 Å². The van der Waals surface area contributed by atoms with Crippen molar-refractivity contribution < 1.29 is 23.1 Å². The zero-order chi connectivity index (χ0) is 12.3. The third-order valence-electron chi connectivity index (χ3n) is 1.69.